The van der Waals surface area contributed by atoms with Crippen LogP contribution in [0.15, 0.2) is 138 Å². The molecule has 2 heterocycles. The molecular formula is C60H60Cl2F10N6O12. The van der Waals surface area contributed by atoms with Crippen molar-refractivity contribution in [3.63, 3.8) is 0 Å². The van der Waals surface area contributed by atoms with Gasteiger partial charge in [0, 0.05) is 61.2 Å². The Labute approximate surface area is 516 Å². The molecule has 486 valence electrons. The summed E-state index contributed by atoms with van der Waals surface area (Å²) in [6.45, 7) is 1.00. The number of aromatic nitrogens is 4. The predicted molar refractivity (Wildman–Crippen MR) is 308 cm³/mol. The maximum Gasteiger partial charge on any atom is 0.457 e. The minimum Gasteiger partial charge on any atom is -0.497 e. The third-order valence-corrected chi connectivity index (χ3v) is 13.7. The van der Waals surface area contributed by atoms with Crippen LogP contribution in [0.1, 0.15) is 64.4 Å². The first kappa shape index (κ1) is 72.3. The first-order valence-corrected chi connectivity index (χ1v) is 27.5. The van der Waals surface area contributed by atoms with E-state index in [1.807, 2.05) is 72.8 Å². The van der Waals surface area contributed by atoms with Crippen molar-refractivity contribution < 1.29 is 97.7 Å². The Morgan fingerprint density at radius 2 is 1.09 bits per heavy atom. The zero-order valence-corrected chi connectivity index (χ0v) is 49.6. The number of benzene rings is 5. The molecule has 2 unspecified atom stereocenters. The van der Waals surface area contributed by atoms with Gasteiger partial charge in [-0.25, -0.2) is 14.3 Å². The van der Waals surface area contributed by atoms with Gasteiger partial charge in [-0.3, -0.25) is 24.2 Å². The number of carbonyl (C=O) groups excluding carboxylic acids is 3. The van der Waals surface area contributed by atoms with Crippen LogP contribution >= 0.6 is 23.2 Å². The summed E-state index contributed by atoms with van der Waals surface area (Å²) in [6, 6.07) is 37.4. The Morgan fingerprint density at radius 3 is 1.50 bits per heavy atom. The molecule has 0 spiro atoms. The quantitative estimate of drug-likeness (QED) is 0.0233. The molecule has 6 atom stereocenters. The highest BCUT2D eigenvalue weighted by Crippen LogP contribution is 2.40. The van der Waals surface area contributed by atoms with E-state index in [1.54, 1.807) is 62.7 Å². The number of carboxylic acid groups (broad SMARTS) is 1. The van der Waals surface area contributed by atoms with Gasteiger partial charge in [0.15, 0.2) is 24.0 Å². The molecule has 7 N–H and O–H groups in total. The summed E-state index contributed by atoms with van der Waals surface area (Å²) in [5.41, 5.74) is 5.44. The van der Waals surface area contributed by atoms with Crippen LogP contribution in [0.3, 0.4) is 0 Å². The van der Waals surface area contributed by atoms with Crippen LogP contribution < -0.4 is 25.7 Å². The number of hydrogen-bond donors (Lipinski definition) is 7. The van der Waals surface area contributed by atoms with Gasteiger partial charge < -0.3 is 45.3 Å². The highest BCUT2D eigenvalue weighted by atomic mass is 35.5. The number of aromatic amines is 1. The van der Waals surface area contributed by atoms with E-state index in [-0.39, 0.29) is 30.8 Å². The molecule has 0 saturated heterocycles. The van der Waals surface area contributed by atoms with Crippen LogP contribution in [0, 0.1) is 0 Å². The molecule has 0 aliphatic carbocycles. The van der Waals surface area contributed by atoms with Gasteiger partial charge in [-0.15, -0.1) is 0 Å². The average Bonchev–Trinajstić information content (AvgIpc) is 1.84. The van der Waals surface area contributed by atoms with E-state index in [1.165, 1.54) is 17.8 Å². The standard InChI is InChI=1S/C30H30ClN3O6.C26H25ClF5N3O5.C4H5F5O/c1-34-28(40-18-20-8-12-25(39-2)13-9-20)17-26(33-34)29(36)32-24(16-27(35)30(37)38)14-19-6-10-21(11-7-19)22-4-3-5-23(31)15-22;1-14(25(28,29)26(30,31)32)40-24(39)21(36)12-19(33-23(38)20-13-22(37)35(2)34-20)10-15-6-8-16(9-7-15)17-4-3-5-18(27)11-17;1-2(10)3(5,6)4(7,8)9/h3-13,15,17,24,27,35H,14,16,18H2,1-2H3,(H,32,36)(H,37,38);3-9,11,13-14,19,21,34,36H,10,12H2,1-2H3,(H,33,38);2,10H,1H3/t24-,27-;14?,19-,21-;/m11./s1. The zero-order chi connectivity index (χ0) is 67.1. The lowest BCUT2D eigenvalue weighted by atomic mass is 9.97. The van der Waals surface area contributed by atoms with Crippen molar-refractivity contribution in [3.05, 3.63) is 182 Å². The third-order valence-electron chi connectivity index (χ3n) is 13.3. The number of nitrogens with zero attached hydrogens (tertiary/aromatic N) is 3. The number of aliphatic carboxylic acids is 1. The van der Waals surface area contributed by atoms with Crippen molar-refractivity contribution in [2.45, 2.75) is 107 Å². The first-order valence-electron chi connectivity index (χ1n) is 26.7. The molecule has 0 aliphatic heterocycles. The van der Waals surface area contributed by atoms with Crippen molar-refractivity contribution in [1.29, 1.82) is 0 Å². The molecule has 2 amide bonds. The van der Waals surface area contributed by atoms with Crippen LogP contribution in [-0.4, -0.2) is 132 Å². The SMILES string of the molecule is CC(O)C(F)(F)C(F)(F)F.CC(OC(=O)[C@H](O)C[C@@H](Cc1ccc(-c2cccc(Cl)c2)cc1)NC(=O)c1cc(=O)n(C)[nH]1)C(F)(F)C(F)(F)F.COc1ccc(COc2cc(C(=O)N[C@H](Cc3ccc(-c4cccc(Cl)c4)cc3)C[C@@H](O)C(=O)O)nn2C)cc1. The summed E-state index contributed by atoms with van der Waals surface area (Å²) < 4.78 is 139. The molecular weight excluding hydrogens is 1260 g/mol. The fraction of sp³-hybridized carbons (Fsp3) is 0.333. The lowest BCUT2D eigenvalue weighted by Crippen LogP contribution is -2.49. The Morgan fingerprint density at radius 1 is 0.622 bits per heavy atom. The van der Waals surface area contributed by atoms with E-state index in [0.717, 1.165) is 49.9 Å². The number of amides is 2. The molecule has 2 aromatic heterocycles. The lowest BCUT2D eigenvalue weighted by Gasteiger charge is -2.27. The number of ether oxygens (including phenoxy) is 3. The number of carboxylic acids is 1. The van der Waals surface area contributed by atoms with Crippen LogP contribution in [0.5, 0.6) is 11.6 Å². The number of alkyl halides is 10. The van der Waals surface area contributed by atoms with Crippen molar-refractivity contribution in [1.82, 2.24) is 30.2 Å². The second-order valence-corrected chi connectivity index (χ2v) is 21.1. The maximum absolute atomic E-state index is 13.5. The molecule has 18 nitrogen and oxygen atoms in total. The zero-order valence-electron chi connectivity index (χ0n) is 48.1. The summed E-state index contributed by atoms with van der Waals surface area (Å²) >= 11 is 12.1. The first-order chi connectivity index (χ1) is 42.0. The number of aliphatic hydroxyl groups is 3. The fourth-order valence-electron chi connectivity index (χ4n) is 8.19. The largest absolute Gasteiger partial charge is 0.497 e. The molecule has 7 rings (SSSR count). The molecule has 0 aliphatic rings. The van der Waals surface area contributed by atoms with Gasteiger partial charge in [0.1, 0.15) is 24.2 Å². The van der Waals surface area contributed by atoms with Gasteiger partial charge in [0.25, 0.3) is 17.4 Å². The van der Waals surface area contributed by atoms with Gasteiger partial charge in [0.05, 0.1) is 7.11 Å². The van der Waals surface area contributed by atoms with Gasteiger partial charge in [-0.05, 0) is 102 Å². The number of methoxy groups -OCH3 is 1. The number of aryl methyl sites for hydroxylation is 2. The highest BCUT2D eigenvalue weighted by Gasteiger charge is 2.63. The Balaban J connectivity index is 0.000000284. The molecule has 0 saturated carbocycles. The Bertz CT molecular complexity index is 3580. The molecule has 7 aromatic rings. The van der Waals surface area contributed by atoms with E-state index in [9.17, 15) is 83.2 Å². The summed E-state index contributed by atoms with van der Waals surface area (Å²) in [6.07, 6.45) is -21.5. The van der Waals surface area contributed by atoms with Crippen molar-refractivity contribution in [3.8, 4) is 33.9 Å². The third kappa shape index (κ3) is 20.6. The number of rotatable bonds is 23. The molecule has 30 heteroatoms. The van der Waals surface area contributed by atoms with Gasteiger partial charge >= 0.3 is 36.1 Å². The van der Waals surface area contributed by atoms with E-state index in [0.29, 0.717) is 41.8 Å². The number of carbonyl (C=O) groups is 4. The van der Waals surface area contributed by atoms with Crippen LogP contribution in [0.25, 0.3) is 22.3 Å². The minimum atomic E-state index is -5.97. The van der Waals surface area contributed by atoms with Crippen molar-refractivity contribution in [2.24, 2.45) is 14.1 Å². The topological polar surface area (TPSA) is 257 Å². The second kappa shape index (κ2) is 31.3. The smallest absolute Gasteiger partial charge is 0.457 e. The van der Waals surface area contributed by atoms with Gasteiger partial charge in [0.2, 0.25) is 5.88 Å². The van der Waals surface area contributed by atoms with Crippen LogP contribution in [0.4, 0.5) is 43.9 Å². The van der Waals surface area contributed by atoms with Gasteiger partial charge in [-0.1, -0.05) is 108 Å². The Hall–Kier alpha value is -8.44. The van der Waals surface area contributed by atoms with Crippen LogP contribution in [-0.2, 0) is 47.9 Å². The minimum absolute atomic E-state index is 0.0111. The van der Waals surface area contributed by atoms with E-state index >= 15 is 0 Å². The maximum atomic E-state index is 13.5. The number of hydrogen-bond acceptors (Lipinski definition) is 12. The number of H-pyrrole nitrogens is 1. The highest BCUT2D eigenvalue weighted by molar-refractivity contribution is 6.31. The van der Waals surface area contributed by atoms with Crippen molar-refractivity contribution >= 4 is 47.0 Å². The van der Waals surface area contributed by atoms with E-state index < -0.39 is 96.4 Å². The summed E-state index contributed by atoms with van der Waals surface area (Å²) in [7, 11) is 4.63. The molecule has 5 aromatic carbocycles. The average molecular weight is 1320 g/mol. The molecule has 0 bridgehead atoms. The summed E-state index contributed by atoms with van der Waals surface area (Å²) in [4.78, 5) is 61.0. The van der Waals surface area contributed by atoms with E-state index in [2.05, 4.69) is 25.6 Å². The number of esters is 1. The van der Waals surface area contributed by atoms with Gasteiger partial charge in [-0.2, -0.15) is 49.0 Å². The molecule has 0 fully saturated rings. The van der Waals surface area contributed by atoms with Crippen LogP contribution in [0.2, 0.25) is 10.0 Å². The number of halogens is 12. The fourth-order valence-corrected chi connectivity index (χ4v) is 8.57. The number of aliphatic hydroxyl groups excluding tert-OH is 3. The van der Waals surface area contributed by atoms with Crippen molar-refractivity contribution in [2.75, 3.05) is 7.11 Å². The summed E-state index contributed by atoms with van der Waals surface area (Å²) in [5, 5.41) is 50.8. The lowest BCUT2D eigenvalue weighted by molar-refractivity contribution is -0.312. The number of nitrogens with one attached hydrogen (secondary N) is 3. The predicted octanol–water partition coefficient (Wildman–Crippen LogP) is 10.3. The normalized spacial score (nSPS) is 13.8. The Kier molecular flexibility index (Phi) is 25.2. The van der Waals surface area contributed by atoms with E-state index in [4.69, 9.17) is 37.8 Å². The monoisotopic (exact) mass is 1320 g/mol. The molecule has 90 heavy (non-hydrogen) atoms. The second-order valence-electron chi connectivity index (χ2n) is 20.2. The summed E-state index contributed by atoms with van der Waals surface area (Å²) in [5.74, 6) is -13.6. The molecule has 0 radical (unpaired) electrons.